The van der Waals surface area contributed by atoms with Gasteiger partial charge in [-0.2, -0.15) is 0 Å². The van der Waals surface area contributed by atoms with Crippen molar-refractivity contribution in [1.82, 2.24) is 0 Å². The van der Waals surface area contributed by atoms with Crippen molar-refractivity contribution in [2.75, 3.05) is 0 Å². The molecule has 0 aliphatic carbocycles. The first-order valence-corrected chi connectivity index (χ1v) is 9.23. The van der Waals surface area contributed by atoms with Gasteiger partial charge in [-0.3, -0.25) is 0 Å². The molecule has 0 fully saturated rings. The molecule has 0 amide bonds. The summed E-state index contributed by atoms with van der Waals surface area (Å²) in [5.74, 6) is 0.945. The van der Waals surface area contributed by atoms with E-state index < -0.39 is 10.1 Å². The number of benzene rings is 2. The maximum absolute atomic E-state index is 11.5. The minimum absolute atomic E-state index is 0. The number of ether oxygens (including phenoxy) is 1. The van der Waals surface area contributed by atoms with Crippen LogP contribution in [-0.2, 0) is 16.5 Å². The molecule has 0 bridgehead atoms. The largest absolute Gasteiger partial charge is 1.00 e. The van der Waals surface area contributed by atoms with Crippen LogP contribution in [0.2, 0.25) is 0 Å². The Bertz CT molecular complexity index is 730. The van der Waals surface area contributed by atoms with E-state index in [1.165, 1.54) is 6.07 Å². The van der Waals surface area contributed by atoms with Crippen LogP contribution < -0.4 is 56.1 Å². The van der Waals surface area contributed by atoms with Crippen molar-refractivity contribution in [3.8, 4) is 11.5 Å². The van der Waals surface area contributed by atoms with E-state index in [1.807, 2.05) is 18.2 Å². The standard InChI is InChI=1S/C18H22O4S.K/c1-2-3-4-6-9-15-12-13-17(14-18(15)23(19,20)21)22-16-10-7-5-8-11-16;/h5,7-8,10-14H,2-4,6,9H2,1H3,(H,19,20,21);/q;+1/p-1. The Hall–Kier alpha value is -0.214. The average molecular weight is 373 g/mol. The fraction of sp³-hybridized carbons (Fsp3) is 0.333. The Morgan fingerprint density at radius 3 is 2.29 bits per heavy atom. The molecule has 2 rings (SSSR count). The monoisotopic (exact) mass is 372 g/mol. The first kappa shape index (κ1) is 21.8. The van der Waals surface area contributed by atoms with E-state index in [0.29, 0.717) is 23.5 Å². The van der Waals surface area contributed by atoms with Gasteiger partial charge in [0, 0.05) is 0 Å². The Morgan fingerprint density at radius 2 is 1.67 bits per heavy atom. The number of rotatable bonds is 8. The van der Waals surface area contributed by atoms with Gasteiger partial charge in [-0.05, 0) is 42.7 Å². The molecule has 0 atom stereocenters. The molecule has 6 heteroatoms. The fourth-order valence-corrected chi connectivity index (χ4v) is 3.16. The van der Waals surface area contributed by atoms with Crippen LogP contribution in [0, 0.1) is 0 Å². The first-order valence-electron chi connectivity index (χ1n) is 7.82. The topological polar surface area (TPSA) is 66.4 Å². The Kier molecular flexibility index (Phi) is 9.74. The first-order chi connectivity index (χ1) is 11.0. The van der Waals surface area contributed by atoms with Gasteiger partial charge in [-0.25, -0.2) is 8.42 Å². The quantitative estimate of drug-likeness (QED) is 0.400. The molecule has 0 aromatic heterocycles. The maximum atomic E-state index is 11.5. The summed E-state index contributed by atoms with van der Waals surface area (Å²) in [6.07, 6.45) is 4.69. The molecule has 0 unspecified atom stereocenters. The Labute approximate surface area is 186 Å². The molecular weight excluding hydrogens is 351 g/mol. The summed E-state index contributed by atoms with van der Waals surface area (Å²) in [6.45, 7) is 2.11. The second-order valence-corrected chi connectivity index (χ2v) is 6.80. The van der Waals surface area contributed by atoms with Crippen LogP contribution in [0.4, 0.5) is 0 Å². The van der Waals surface area contributed by atoms with Crippen LogP contribution in [0.5, 0.6) is 11.5 Å². The molecule has 0 spiro atoms. The van der Waals surface area contributed by atoms with Crippen molar-refractivity contribution in [3.63, 3.8) is 0 Å². The molecule has 0 radical (unpaired) electrons. The zero-order chi connectivity index (χ0) is 16.7. The van der Waals surface area contributed by atoms with Crippen molar-refractivity contribution in [1.29, 1.82) is 0 Å². The van der Waals surface area contributed by atoms with Crippen LogP contribution >= 0.6 is 0 Å². The summed E-state index contributed by atoms with van der Waals surface area (Å²) in [6, 6.07) is 13.7. The van der Waals surface area contributed by atoms with Gasteiger partial charge in [0.15, 0.2) is 0 Å². The van der Waals surface area contributed by atoms with Gasteiger partial charge < -0.3 is 9.29 Å². The summed E-state index contributed by atoms with van der Waals surface area (Å²) in [4.78, 5) is -0.178. The molecule has 0 heterocycles. The molecule has 4 nitrogen and oxygen atoms in total. The number of hydrogen-bond donors (Lipinski definition) is 0. The number of hydrogen-bond acceptors (Lipinski definition) is 4. The third kappa shape index (κ3) is 6.96. The van der Waals surface area contributed by atoms with E-state index in [-0.39, 0.29) is 56.3 Å². The molecule has 2 aromatic carbocycles. The van der Waals surface area contributed by atoms with Gasteiger partial charge in [-0.15, -0.1) is 0 Å². The third-order valence-corrected chi connectivity index (χ3v) is 4.51. The molecule has 0 saturated heterocycles. The van der Waals surface area contributed by atoms with Crippen molar-refractivity contribution >= 4 is 10.1 Å². The van der Waals surface area contributed by atoms with Crippen LogP contribution in [0.3, 0.4) is 0 Å². The van der Waals surface area contributed by atoms with E-state index >= 15 is 0 Å². The Balaban J connectivity index is 0.00000288. The van der Waals surface area contributed by atoms with E-state index in [2.05, 4.69) is 6.92 Å². The maximum Gasteiger partial charge on any atom is 1.00 e. The van der Waals surface area contributed by atoms with Crippen molar-refractivity contribution < 1.29 is 69.1 Å². The zero-order valence-corrected chi connectivity index (χ0v) is 18.1. The predicted octanol–water partition coefficient (Wildman–Crippen LogP) is 1.51. The van der Waals surface area contributed by atoms with Crippen molar-refractivity contribution in [2.24, 2.45) is 0 Å². The molecule has 2 aromatic rings. The minimum Gasteiger partial charge on any atom is -0.744 e. The molecule has 24 heavy (non-hydrogen) atoms. The summed E-state index contributed by atoms with van der Waals surface area (Å²) < 4.78 is 40.2. The second kappa shape index (κ2) is 10.7. The number of para-hydroxylation sites is 1. The number of aryl methyl sites for hydroxylation is 1. The molecule has 124 valence electrons. The summed E-state index contributed by atoms with van der Waals surface area (Å²) >= 11 is 0. The predicted molar refractivity (Wildman–Crippen MR) is 88.8 cm³/mol. The van der Waals surface area contributed by atoms with Crippen LogP contribution in [-0.4, -0.2) is 13.0 Å². The normalized spacial score (nSPS) is 10.9. The third-order valence-electron chi connectivity index (χ3n) is 3.59. The molecule has 0 saturated carbocycles. The minimum atomic E-state index is -4.52. The van der Waals surface area contributed by atoms with Gasteiger partial charge in [0.1, 0.15) is 21.6 Å². The molecule has 0 aliphatic rings. The Morgan fingerprint density at radius 1 is 0.958 bits per heavy atom. The van der Waals surface area contributed by atoms with Gasteiger partial charge in [0.05, 0.1) is 4.90 Å². The van der Waals surface area contributed by atoms with E-state index in [1.54, 1.807) is 24.3 Å². The van der Waals surface area contributed by atoms with Crippen LogP contribution in [0.1, 0.15) is 38.2 Å². The van der Waals surface area contributed by atoms with Crippen molar-refractivity contribution in [3.05, 3.63) is 54.1 Å². The summed E-state index contributed by atoms with van der Waals surface area (Å²) in [7, 11) is -4.52. The zero-order valence-electron chi connectivity index (χ0n) is 14.2. The van der Waals surface area contributed by atoms with Gasteiger partial charge >= 0.3 is 51.4 Å². The molecule has 0 N–H and O–H groups in total. The van der Waals surface area contributed by atoms with E-state index in [4.69, 9.17) is 4.74 Å². The van der Waals surface area contributed by atoms with Crippen LogP contribution in [0.15, 0.2) is 53.4 Å². The summed E-state index contributed by atoms with van der Waals surface area (Å²) in [5, 5.41) is 0. The molecule has 0 aliphatic heterocycles. The van der Waals surface area contributed by atoms with Crippen molar-refractivity contribution in [2.45, 2.75) is 43.9 Å². The van der Waals surface area contributed by atoms with Gasteiger partial charge in [-0.1, -0.05) is 50.5 Å². The van der Waals surface area contributed by atoms with Crippen LogP contribution in [0.25, 0.3) is 0 Å². The smallest absolute Gasteiger partial charge is 0.744 e. The number of unbranched alkanes of at least 4 members (excludes halogenated alkanes) is 3. The fourth-order valence-electron chi connectivity index (χ4n) is 2.40. The summed E-state index contributed by atoms with van der Waals surface area (Å²) in [5.41, 5.74) is 0.566. The van der Waals surface area contributed by atoms with E-state index in [0.717, 1.165) is 25.7 Å². The molecular formula is C18H21KO4S. The second-order valence-electron chi connectivity index (χ2n) is 5.45. The SMILES string of the molecule is CCCCCCc1ccc(Oc2ccccc2)cc1S(=O)(=O)[O-].[K+]. The van der Waals surface area contributed by atoms with Gasteiger partial charge in [0.2, 0.25) is 0 Å². The average Bonchev–Trinajstić information content (AvgIpc) is 2.52. The van der Waals surface area contributed by atoms with E-state index in [9.17, 15) is 13.0 Å². The van der Waals surface area contributed by atoms with Gasteiger partial charge in [0.25, 0.3) is 0 Å².